The Kier molecular flexibility index (Phi) is 4.18. The lowest BCUT2D eigenvalue weighted by atomic mass is 10.2. The van der Waals surface area contributed by atoms with Crippen molar-refractivity contribution >= 4 is 7.60 Å². The smallest absolute Gasteiger partial charge is 0.134 e. The highest BCUT2D eigenvalue weighted by atomic mass is 31.2. The van der Waals surface area contributed by atoms with Gasteiger partial charge in [0.2, 0.25) is 0 Å². The fraction of sp³-hybridized carbons (Fsp3) is 1.00. The van der Waals surface area contributed by atoms with Gasteiger partial charge in [0.1, 0.15) is 7.60 Å². The van der Waals surface area contributed by atoms with Gasteiger partial charge in [-0.2, -0.15) is 0 Å². The Bertz CT molecular complexity index is 133. The second-order valence-corrected chi connectivity index (χ2v) is 4.73. The molecule has 0 aromatic heterocycles. The molecule has 0 N–H and O–H groups in total. The Hall–Kier alpha value is 0.150. The Morgan fingerprint density at radius 2 is 2.10 bits per heavy atom. The first-order valence-corrected chi connectivity index (χ1v) is 5.06. The van der Waals surface area contributed by atoms with Crippen molar-refractivity contribution in [2.24, 2.45) is 5.92 Å². The van der Waals surface area contributed by atoms with Crippen LogP contribution in [0.2, 0.25) is 0 Å². The molecule has 0 aromatic rings. The van der Waals surface area contributed by atoms with Crippen molar-refractivity contribution in [1.29, 1.82) is 0 Å². The van der Waals surface area contributed by atoms with Crippen LogP contribution in [0.25, 0.3) is 0 Å². The van der Waals surface area contributed by atoms with Gasteiger partial charge in [0.05, 0.1) is 0 Å². The maximum atomic E-state index is 10.7. The average Bonchev–Trinajstić information content (AvgIpc) is 1.85. The SMILES string of the molecule is COP(=O)([O-])CCC(C)C. The van der Waals surface area contributed by atoms with E-state index in [1.54, 1.807) is 0 Å². The summed E-state index contributed by atoms with van der Waals surface area (Å²) in [4.78, 5) is 10.7. The van der Waals surface area contributed by atoms with Gasteiger partial charge >= 0.3 is 0 Å². The lowest BCUT2D eigenvalue weighted by Crippen LogP contribution is -2.07. The van der Waals surface area contributed by atoms with Gasteiger partial charge in [-0.05, 0) is 12.3 Å². The lowest BCUT2D eigenvalue weighted by molar-refractivity contribution is -0.196. The molecule has 0 spiro atoms. The van der Waals surface area contributed by atoms with Crippen molar-refractivity contribution in [3.63, 3.8) is 0 Å². The molecule has 1 atom stereocenters. The maximum absolute atomic E-state index is 10.7. The van der Waals surface area contributed by atoms with E-state index in [0.717, 1.165) is 0 Å². The molecule has 0 saturated carbocycles. The van der Waals surface area contributed by atoms with Crippen molar-refractivity contribution in [3.8, 4) is 0 Å². The summed E-state index contributed by atoms with van der Waals surface area (Å²) < 4.78 is 15.0. The third-order valence-electron chi connectivity index (χ3n) is 1.26. The highest BCUT2D eigenvalue weighted by molar-refractivity contribution is 7.51. The summed E-state index contributed by atoms with van der Waals surface area (Å²) in [6, 6.07) is 0. The summed E-state index contributed by atoms with van der Waals surface area (Å²) >= 11 is 0. The summed E-state index contributed by atoms with van der Waals surface area (Å²) in [5.41, 5.74) is 0. The van der Waals surface area contributed by atoms with Crippen LogP contribution in [0.4, 0.5) is 0 Å². The minimum absolute atomic E-state index is 0.154. The Labute approximate surface area is 61.9 Å². The molecule has 0 aliphatic heterocycles. The number of hydrogen-bond acceptors (Lipinski definition) is 3. The first-order chi connectivity index (χ1) is 4.48. The zero-order valence-electron chi connectivity index (χ0n) is 6.66. The van der Waals surface area contributed by atoms with Crippen molar-refractivity contribution in [1.82, 2.24) is 0 Å². The molecule has 0 radical (unpaired) electrons. The molecule has 0 bridgehead atoms. The van der Waals surface area contributed by atoms with Gasteiger partial charge in [-0.3, -0.25) is 0 Å². The van der Waals surface area contributed by atoms with Crippen LogP contribution in [0, 0.1) is 5.92 Å². The van der Waals surface area contributed by atoms with Gasteiger partial charge < -0.3 is 14.0 Å². The first-order valence-electron chi connectivity index (χ1n) is 3.34. The van der Waals surface area contributed by atoms with Gasteiger partial charge in [-0.15, -0.1) is 0 Å². The van der Waals surface area contributed by atoms with E-state index in [4.69, 9.17) is 0 Å². The summed E-state index contributed by atoms with van der Waals surface area (Å²) in [5.74, 6) is 0.414. The van der Waals surface area contributed by atoms with E-state index >= 15 is 0 Å². The van der Waals surface area contributed by atoms with Crippen LogP contribution in [-0.2, 0) is 9.09 Å². The summed E-state index contributed by atoms with van der Waals surface area (Å²) in [6.07, 6.45) is 0.829. The molecule has 0 aromatic carbocycles. The van der Waals surface area contributed by atoms with Crippen LogP contribution in [-0.4, -0.2) is 13.3 Å². The van der Waals surface area contributed by atoms with E-state index < -0.39 is 7.60 Å². The lowest BCUT2D eigenvalue weighted by Gasteiger charge is -2.21. The maximum Gasteiger partial charge on any atom is 0.134 e. The molecule has 62 valence electrons. The summed E-state index contributed by atoms with van der Waals surface area (Å²) in [5, 5.41) is 0. The van der Waals surface area contributed by atoms with E-state index in [2.05, 4.69) is 4.52 Å². The zero-order chi connectivity index (χ0) is 8.20. The van der Waals surface area contributed by atoms with Crippen LogP contribution in [0.15, 0.2) is 0 Å². The molecule has 1 unspecified atom stereocenters. The van der Waals surface area contributed by atoms with Crippen LogP contribution < -0.4 is 4.89 Å². The van der Waals surface area contributed by atoms with E-state index in [-0.39, 0.29) is 6.16 Å². The monoisotopic (exact) mass is 165 g/mol. The molecule has 0 heterocycles. The minimum Gasteiger partial charge on any atom is -0.779 e. The van der Waals surface area contributed by atoms with Gasteiger partial charge in [0.25, 0.3) is 0 Å². The predicted octanol–water partition coefficient (Wildman–Crippen LogP) is 1.23. The van der Waals surface area contributed by atoms with E-state index in [0.29, 0.717) is 12.3 Å². The zero-order valence-corrected chi connectivity index (χ0v) is 7.56. The number of rotatable bonds is 4. The molecule has 0 amide bonds. The molecule has 0 fully saturated rings. The van der Waals surface area contributed by atoms with Crippen molar-refractivity contribution in [2.75, 3.05) is 13.3 Å². The second-order valence-electron chi connectivity index (χ2n) is 2.70. The van der Waals surface area contributed by atoms with Crippen molar-refractivity contribution in [2.45, 2.75) is 20.3 Å². The van der Waals surface area contributed by atoms with E-state index in [9.17, 15) is 9.46 Å². The van der Waals surface area contributed by atoms with E-state index in [1.165, 1.54) is 7.11 Å². The van der Waals surface area contributed by atoms with Crippen LogP contribution in [0.1, 0.15) is 20.3 Å². The molecule has 0 aliphatic rings. The van der Waals surface area contributed by atoms with Gasteiger partial charge in [-0.25, -0.2) is 0 Å². The standard InChI is InChI=1S/C6H15O3P/c1-6(2)4-5-10(7,8)9-3/h6H,4-5H2,1-3H3,(H,7,8)/p-1. The molecule has 3 nitrogen and oxygen atoms in total. The first kappa shape index (κ1) is 10.2. The Morgan fingerprint density at radius 1 is 1.60 bits per heavy atom. The molecule has 10 heavy (non-hydrogen) atoms. The van der Waals surface area contributed by atoms with E-state index in [1.807, 2.05) is 13.8 Å². The largest absolute Gasteiger partial charge is 0.779 e. The average molecular weight is 165 g/mol. The van der Waals surface area contributed by atoms with Gasteiger partial charge in [0.15, 0.2) is 0 Å². The van der Waals surface area contributed by atoms with Crippen LogP contribution in [0.3, 0.4) is 0 Å². The molecule has 0 aliphatic carbocycles. The predicted molar refractivity (Wildman–Crippen MR) is 38.9 cm³/mol. The third kappa shape index (κ3) is 4.98. The normalized spacial score (nSPS) is 17.3. The Morgan fingerprint density at radius 3 is 2.40 bits per heavy atom. The molecule has 0 rings (SSSR count). The fourth-order valence-corrected chi connectivity index (χ4v) is 1.52. The highest BCUT2D eigenvalue weighted by Crippen LogP contribution is 2.36. The molecule has 4 heteroatoms. The number of hydrogen-bond donors (Lipinski definition) is 0. The highest BCUT2D eigenvalue weighted by Gasteiger charge is 2.05. The van der Waals surface area contributed by atoms with Crippen molar-refractivity contribution in [3.05, 3.63) is 0 Å². The quantitative estimate of drug-likeness (QED) is 0.588. The second kappa shape index (κ2) is 4.12. The molecule has 0 saturated heterocycles. The Balaban J connectivity index is 3.58. The minimum atomic E-state index is -3.48. The third-order valence-corrected chi connectivity index (χ3v) is 2.62. The molecular weight excluding hydrogens is 151 g/mol. The van der Waals surface area contributed by atoms with Gasteiger partial charge in [-0.1, -0.05) is 13.8 Å². The molecular formula is C6H14O3P-. The topological polar surface area (TPSA) is 49.4 Å². The summed E-state index contributed by atoms with van der Waals surface area (Å²) in [7, 11) is -2.27. The van der Waals surface area contributed by atoms with Crippen molar-refractivity contribution < 1.29 is 14.0 Å². The fourth-order valence-electron chi connectivity index (χ4n) is 0.508. The van der Waals surface area contributed by atoms with Crippen LogP contribution in [0.5, 0.6) is 0 Å². The summed E-state index contributed by atoms with van der Waals surface area (Å²) in [6.45, 7) is 3.96. The van der Waals surface area contributed by atoms with Crippen LogP contribution >= 0.6 is 7.60 Å². The van der Waals surface area contributed by atoms with Gasteiger partial charge in [0, 0.05) is 13.3 Å².